The second kappa shape index (κ2) is 6.24. The summed E-state index contributed by atoms with van der Waals surface area (Å²) in [4.78, 5) is 11.4. The standard InChI is InChI=1S/C11H18N2O2/c1-9(7-12)4-5-11(14)13-8-10-3-2-6-15-10/h2-3,6,9H,4-5,7-8,12H2,1H3,(H,13,14). The maximum Gasteiger partial charge on any atom is 0.220 e. The number of furan rings is 1. The number of amides is 1. The lowest BCUT2D eigenvalue weighted by molar-refractivity contribution is -0.121. The Kier molecular flexibility index (Phi) is 4.90. The number of carbonyl (C=O) groups excluding carboxylic acids is 1. The maximum atomic E-state index is 11.4. The fourth-order valence-electron chi connectivity index (χ4n) is 1.18. The number of hydrogen-bond donors (Lipinski definition) is 2. The molecule has 1 aromatic rings. The average molecular weight is 210 g/mol. The smallest absolute Gasteiger partial charge is 0.220 e. The molecule has 0 spiro atoms. The quantitative estimate of drug-likeness (QED) is 0.743. The molecule has 1 aromatic heterocycles. The van der Waals surface area contributed by atoms with Gasteiger partial charge in [-0.05, 0) is 31.0 Å². The Bertz CT molecular complexity index is 283. The minimum absolute atomic E-state index is 0.0479. The minimum atomic E-state index is 0.0479. The Morgan fingerprint density at radius 3 is 3.07 bits per heavy atom. The molecule has 0 fully saturated rings. The lowest BCUT2D eigenvalue weighted by Crippen LogP contribution is -2.23. The molecule has 0 aliphatic carbocycles. The highest BCUT2D eigenvalue weighted by Crippen LogP contribution is 2.03. The van der Waals surface area contributed by atoms with Crippen molar-refractivity contribution in [3.63, 3.8) is 0 Å². The first-order valence-corrected chi connectivity index (χ1v) is 5.21. The fourth-order valence-corrected chi connectivity index (χ4v) is 1.18. The Morgan fingerprint density at radius 2 is 2.47 bits per heavy atom. The number of hydrogen-bond acceptors (Lipinski definition) is 3. The van der Waals surface area contributed by atoms with Crippen molar-refractivity contribution in [2.45, 2.75) is 26.3 Å². The predicted octanol–water partition coefficient (Wildman–Crippen LogP) is 1.27. The highest BCUT2D eigenvalue weighted by atomic mass is 16.3. The molecule has 84 valence electrons. The number of nitrogens with one attached hydrogen (secondary N) is 1. The molecule has 1 amide bonds. The van der Waals surface area contributed by atoms with Crippen LogP contribution in [0.15, 0.2) is 22.8 Å². The van der Waals surface area contributed by atoms with Crippen LogP contribution in [-0.2, 0) is 11.3 Å². The van der Waals surface area contributed by atoms with Crippen LogP contribution in [0.25, 0.3) is 0 Å². The summed E-state index contributed by atoms with van der Waals surface area (Å²) in [6.45, 7) is 3.13. The molecule has 0 aliphatic heterocycles. The van der Waals surface area contributed by atoms with Crippen LogP contribution in [0, 0.1) is 5.92 Å². The Balaban J connectivity index is 2.14. The van der Waals surface area contributed by atoms with Crippen LogP contribution in [-0.4, -0.2) is 12.5 Å². The average Bonchev–Trinajstić information content (AvgIpc) is 2.75. The normalized spacial score (nSPS) is 12.4. The molecule has 1 rings (SSSR count). The summed E-state index contributed by atoms with van der Waals surface area (Å²) in [5.74, 6) is 1.22. The van der Waals surface area contributed by atoms with E-state index >= 15 is 0 Å². The van der Waals surface area contributed by atoms with Gasteiger partial charge in [-0.3, -0.25) is 4.79 Å². The highest BCUT2D eigenvalue weighted by molar-refractivity contribution is 5.75. The molecular formula is C11H18N2O2. The number of rotatable bonds is 6. The lowest BCUT2D eigenvalue weighted by Gasteiger charge is -2.07. The van der Waals surface area contributed by atoms with Crippen LogP contribution in [0.2, 0.25) is 0 Å². The van der Waals surface area contributed by atoms with Crippen LogP contribution >= 0.6 is 0 Å². The molecule has 0 aliphatic rings. The van der Waals surface area contributed by atoms with Crippen LogP contribution in [0.1, 0.15) is 25.5 Å². The van der Waals surface area contributed by atoms with Gasteiger partial charge in [-0.25, -0.2) is 0 Å². The molecule has 0 radical (unpaired) electrons. The van der Waals surface area contributed by atoms with Crippen LogP contribution in [0.4, 0.5) is 0 Å². The summed E-state index contributed by atoms with van der Waals surface area (Å²) in [5, 5.41) is 2.79. The van der Waals surface area contributed by atoms with E-state index in [9.17, 15) is 4.79 Å². The number of nitrogens with two attached hydrogens (primary N) is 1. The van der Waals surface area contributed by atoms with Crippen molar-refractivity contribution < 1.29 is 9.21 Å². The van der Waals surface area contributed by atoms with Crippen molar-refractivity contribution in [3.05, 3.63) is 24.2 Å². The van der Waals surface area contributed by atoms with E-state index in [1.54, 1.807) is 12.3 Å². The van der Waals surface area contributed by atoms with Crippen LogP contribution in [0.5, 0.6) is 0 Å². The zero-order chi connectivity index (χ0) is 11.1. The SMILES string of the molecule is CC(CN)CCC(=O)NCc1ccco1. The molecule has 0 aromatic carbocycles. The van der Waals surface area contributed by atoms with Crippen molar-refractivity contribution in [1.82, 2.24) is 5.32 Å². The molecule has 15 heavy (non-hydrogen) atoms. The summed E-state index contributed by atoms with van der Waals surface area (Å²) < 4.78 is 5.10. The van der Waals surface area contributed by atoms with Gasteiger partial charge < -0.3 is 15.5 Å². The lowest BCUT2D eigenvalue weighted by atomic mass is 10.1. The summed E-state index contributed by atoms with van der Waals surface area (Å²) in [5.41, 5.74) is 5.46. The Labute approximate surface area is 89.8 Å². The first kappa shape index (κ1) is 11.8. The number of carbonyl (C=O) groups is 1. The second-order valence-corrected chi connectivity index (χ2v) is 3.74. The van der Waals surface area contributed by atoms with E-state index in [0.29, 0.717) is 25.4 Å². The van der Waals surface area contributed by atoms with Gasteiger partial charge in [0.1, 0.15) is 5.76 Å². The van der Waals surface area contributed by atoms with Crippen LogP contribution in [0.3, 0.4) is 0 Å². The third-order valence-electron chi connectivity index (χ3n) is 2.31. The third kappa shape index (κ3) is 4.65. The van der Waals surface area contributed by atoms with E-state index in [0.717, 1.165) is 12.2 Å². The monoisotopic (exact) mass is 210 g/mol. The maximum absolute atomic E-state index is 11.4. The van der Waals surface area contributed by atoms with E-state index in [1.807, 2.05) is 13.0 Å². The van der Waals surface area contributed by atoms with Crippen molar-refractivity contribution in [3.8, 4) is 0 Å². The summed E-state index contributed by atoms with van der Waals surface area (Å²) in [7, 11) is 0. The van der Waals surface area contributed by atoms with Crippen molar-refractivity contribution in [1.29, 1.82) is 0 Å². The van der Waals surface area contributed by atoms with Gasteiger partial charge in [0.15, 0.2) is 0 Å². The molecule has 1 heterocycles. The largest absolute Gasteiger partial charge is 0.467 e. The molecule has 1 unspecified atom stereocenters. The van der Waals surface area contributed by atoms with E-state index in [2.05, 4.69) is 5.32 Å². The predicted molar refractivity (Wildman–Crippen MR) is 58.0 cm³/mol. The van der Waals surface area contributed by atoms with Crippen molar-refractivity contribution in [2.75, 3.05) is 6.54 Å². The van der Waals surface area contributed by atoms with Gasteiger partial charge in [0, 0.05) is 6.42 Å². The van der Waals surface area contributed by atoms with Gasteiger partial charge in [-0.1, -0.05) is 6.92 Å². The van der Waals surface area contributed by atoms with Gasteiger partial charge in [0.05, 0.1) is 12.8 Å². The summed E-state index contributed by atoms with van der Waals surface area (Å²) >= 11 is 0. The zero-order valence-corrected chi connectivity index (χ0v) is 9.03. The Morgan fingerprint density at radius 1 is 1.67 bits per heavy atom. The minimum Gasteiger partial charge on any atom is -0.467 e. The van der Waals surface area contributed by atoms with E-state index in [4.69, 9.17) is 10.2 Å². The highest BCUT2D eigenvalue weighted by Gasteiger charge is 2.05. The first-order chi connectivity index (χ1) is 7.22. The summed E-state index contributed by atoms with van der Waals surface area (Å²) in [6, 6.07) is 3.64. The zero-order valence-electron chi connectivity index (χ0n) is 9.03. The van der Waals surface area contributed by atoms with Gasteiger partial charge in [-0.2, -0.15) is 0 Å². The van der Waals surface area contributed by atoms with Crippen molar-refractivity contribution in [2.24, 2.45) is 11.7 Å². The summed E-state index contributed by atoms with van der Waals surface area (Å²) in [6.07, 6.45) is 2.96. The Hall–Kier alpha value is -1.29. The first-order valence-electron chi connectivity index (χ1n) is 5.21. The molecule has 3 N–H and O–H groups in total. The molecule has 4 heteroatoms. The van der Waals surface area contributed by atoms with E-state index < -0.39 is 0 Å². The molecule has 4 nitrogen and oxygen atoms in total. The fraction of sp³-hybridized carbons (Fsp3) is 0.545. The van der Waals surface area contributed by atoms with Gasteiger partial charge in [0.2, 0.25) is 5.91 Å². The van der Waals surface area contributed by atoms with Gasteiger partial charge >= 0.3 is 0 Å². The van der Waals surface area contributed by atoms with Crippen LogP contribution < -0.4 is 11.1 Å². The van der Waals surface area contributed by atoms with Gasteiger partial charge in [-0.15, -0.1) is 0 Å². The van der Waals surface area contributed by atoms with E-state index in [1.165, 1.54) is 0 Å². The third-order valence-corrected chi connectivity index (χ3v) is 2.31. The van der Waals surface area contributed by atoms with Gasteiger partial charge in [0.25, 0.3) is 0 Å². The molecular weight excluding hydrogens is 192 g/mol. The van der Waals surface area contributed by atoms with E-state index in [-0.39, 0.29) is 5.91 Å². The van der Waals surface area contributed by atoms with Crippen molar-refractivity contribution >= 4 is 5.91 Å². The molecule has 0 saturated heterocycles. The topological polar surface area (TPSA) is 68.3 Å². The second-order valence-electron chi connectivity index (χ2n) is 3.74. The molecule has 1 atom stereocenters. The molecule has 0 bridgehead atoms. The molecule has 0 saturated carbocycles.